The van der Waals surface area contributed by atoms with Crippen molar-refractivity contribution in [2.45, 2.75) is 70.4 Å². The van der Waals surface area contributed by atoms with Crippen molar-refractivity contribution in [1.82, 2.24) is 35.5 Å². The Balaban J connectivity index is 1.26. The lowest BCUT2D eigenvalue weighted by molar-refractivity contribution is -0.134. The van der Waals surface area contributed by atoms with Crippen LogP contribution in [-0.4, -0.2) is 42.6 Å². The molecule has 0 radical (unpaired) electrons. The first-order valence-electron chi connectivity index (χ1n) is 11.8. The van der Waals surface area contributed by atoms with E-state index in [9.17, 15) is 18.4 Å². The number of nitrogens with one attached hydrogen (secondary N) is 2. The molecule has 2 aliphatic rings. The van der Waals surface area contributed by atoms with Crippen LogP contribution in [-0.2, 0) is 11.3 Å². The van der Waals surface area contributed by atoms with Gasteiger partial charge in [0, 0.05) is 19.3 Å². The van der Waals surface area contributed by atoms with Crippen molar-refractivity contribution in [1.29, 1.82) is 0 Å². The lowest BCUT2D eigenvalue weighted by Gasteiger charge is -2.35. The predicted octanol–water partition coefficient (Wildman–Crippen LogP) is 3.13. The highest BCUT2D eigenvalue weighted by molar-refractivity contribution is 5.92. The van der Waals surface area contributed by atoms with Crippen molar-refractivity contribution in [2.75, 3.05) is 0 Å². The second-order valence-electron chi connectivity index (χ2n) is 9.69. The molecule has 3 aromatic rings. The van der Waals surface area contributed by atoms with Crippen molar-refractivity contribution in [2.24, 2.45) is 11.8 Å². The second kappa shape index (κ2) is 9.31. The van der Waals surface area contributed by atoms with E-state index in [0.29, 0.717) is 23.0 Å². The molecular formula is C23H27F2N7O3. The van der Waals surface area contributed by atoms with Gasteiger partial charge in [-0.1, -0.05) is 24.4 Å². The summed E-state index contributed by atoms with van der Waals surface area (Å²) in [5.41, 5.74) is 2.52. The van der Waals surface area contributed by atoms with E-state index in [0.717, 1.165) is 24.8 Å². The number of imidazole rings is 1. The van der Waals surface area contributed by atoms with Gasteiger partial charge < -0.3 is 10.6 Å². The summed E-state index contributed by atoms with van der Waals surface area (Å²) in [4.78, 5) is 29.4. The van der Waals surface area contributed by atoms with E-state index in [1.165, 1.54) is 6.42 Å². The summed E-state index contributed by atoms with van der Waals surface area (Å²) in [6.45, 7) is 1.79. The summed E-state index contributed by atoms with van der Waals surface area (Å²) >= 11 is 0. The molecule has 0 spiro atoms. The van der Waals surface area contributed by atoms with Crippen molar-refractivity contribution in [3.8, 4) is 0 Å². The molecule has 2 fully saturated rings. The van der Waals surface area contributed by atoms with Gasteiger partial charge in [0.25, 0.3) is 5.91 Å². The van der Waals surface area contributed by atoms with E-state index in [4.69, 9.17) is 0 Å². The fraction of sp³-hybridized carbons (Fsp3) is 0.565. The summed E-state index contributed by atoms with van der Waals surface area (Å²) in [7, 11) is 0. The molecule has 0 saturated heterocycles. The van der Waals surface area contributed by atoms with Crippen molar-refractivity contribution >= 4 is 17.5 Å². The number of carbonyl (C=O) groups excluding carboxylic acids is 2. The van der Waals surface area contributed by atoms with E-state index in [2.05, 4.69) is 35.7 Å². The van der Waals surface area contributed by atoms with Crippen LogP contribution in [0.5, 0.6) is 0 Å². The normalized spacial score (nSPS) is 18.6. The number of aryl methyl sites for hydroxylation is 1. The highest BCUT2D eigenvalue weighted by atomic mass is 19.3. The fourth-order valence-corrected chi connectivity index (χ4v) is 4.69. The number of halogens is 2. The van der Waals surface area contributed by atoms with Gasteiger partial charge in [-0.2, -0.15) is 5.10 Å². The van der Waals surface area contributed by atoms with Crippen LogP contribution in [0.2, 0.25) is 0 Å². The molecule has 186 valence electrons. The zero-order valence-corrected chi connectivity index (χ0v) is 19.3. The predicted molar refractivity (Wildman–Crippen MR) is 118 cm³/mol. The highest BCUT2D eigenvalue weighted by Gasteiger charge is 2.45. The van der Waals surface area contributed by atoms with Gasteiger partial charge in [-0.05, 0) is 42.0 Å². The SMILES string of the molecule is Cc1nonc1C(=O)NCc1cn2ncc([C@H](CC3CCC3)NC(=O)CC3CC(F)(F)C3)cc2n1. The second-order valence-corrected chi connectivity index (χ2v) is 9.69. The van der Waals surface area contributed by atoms with Gasteiger partial charge in [0.2, 0.25) is 11.8 Å². The highest BCUT2D eigenvalue weighted by Crippen LogP contribution is 2.44. The van der Waals surface area contributed by atoms with Crippen LogP contribution in [0.4, 0.5) is 8.78 Å². The Morgan fingerprint density at radius 3 is 2.71 bits per heavy atom. The van der Waals surface area contributed by atoms with Gasteiger partial charge in [-0.15, -0.1) is 0 Å². The minimum absolute atomic E-state index is 0.111. The van der Waals surface area contributed by atoms with E-state index < -0.39 is 11.8 Å². The monoisotopic (exact) mass is 487 g/mol. The Bertz CT molecular complexity index is 1230. The first kappa shape index (κ1) is 23.3. The lowest BCUT2D eigenvalue weighted by atomic mass is 9.78. The minimum Gasteiger partial charge on any atom is -0.349 e. The number of carbonyl (C=O) groups is 2. The summed E-state index contributed by atoms with van der Waals surface area (Å²) < 4.78 is 32.5. The van der Waals surface area contributed by atoms with Crippen LogP contribution in [0.1, 0.15) is 78.4 Å². The first-order valence-corrected chi connectivity index (χ1v) is 11.8. The topological polar surface area (TPSA) is 127 Å². The molecule has 1 atom stereocenters. The van der Waals surface area contributed by atoms with Gasteiger partial charge in [-0.25, -0.2) is 22.9 Å². The number of aromatic nitrogens is 5. The van der Waals surface area contributed by atoms with E-state index in [1.54, 1.807) is 23.8 Å². The zero-order chi connectivity index (χ0) is 24.6. The number of alkyl halides is 2. The van der Waals surface area contributed by atoms with Crippen LogP contribution in [0.15, 0.2) is 23.1 Å². The summed E-state index contributed by atoms with van der Waals surface area (Å²) in [6, 6.07) is 1.61. The number of hydrogen-bond donors (Lipinski definition) is 2. The number of fused-ring (bicyclic) bond motifs is 1. The average Bonchev–Trinajstić information content (AvgIpc) is 3.37. The van der Waals surface area contributed by atoms with Gasteiger partial charge in [0.1, 0.15) is 5.69 Å². The van der Waals surface area contributed by atoms with Crippen LogP contribution in [0.3, 0.4) is 0 Å². The summed E-state index contributed by atoms with van der Waals surface area (Å²) in [6.07, 6.45) is 7.27. The molecule has 2 aliphatic carbocycles. The molecule has 10 nitrogen and oxygen atoms in total. The Hall–Kier alpha value is -3.44. The maximum Gasteiger partial charge on any atom is 0.275 e. The number of amides is 2. The molecule has 2 amide bonds. The maximum atomic E-state index is 13.1. The summed E-state index contributed by atoms with van der Waals surface area (Å²) in [5.74, 6) is -3.00. The molecule has 5 rings (SSSR count). The maximum absolute atomic E-state index is 13.1. The minimum atomic E-state index is -2.63. The molecule has 2 N–H and O–H groups in total. The van der Waals surface area contributed by atoms with Crippen molar-refractivity contribution in [3.05, 3.63) is 41.1 Å². The fourth-order valence-electron chi connectivity index (χ4n) is 4.69. The largest absolute Gasteiger partial charge is 0.349 e. The van der Waals surface area contributed by atoms with Crippen LogP contribution in [0, 0.1) is 18.8 Å². The lowest BCUT2D eigenvalue weighted by Crippen LogP contribution is -2.39. The molecule has 2 saturated carbocycles. The van der Waals surface area contributed by atoms with Gasteiger partial charge >= 0.3 is 0 Å². The summed E-state index contributed by atoms with van der Waals surface area (Å²) in [5, 5.41) is 17.4. The quantitative estimate of drug-likeness (QED) is 0.475. The van der Waals surface area contributed by atoms with E-state index in [-0.39, 0.29) is 49.4 Å². The smallest absolute Gasteiger partial charge is 0.275 e. The van der Waals surface area contributed by atoms with Crippen molar-refractivity contribution < 1.29 is 23.0 Å². The molecule has 0 unspecified atom stereocenters. The Morgan fingerprint density at radius 2 is 2.06 bits per heavy atom. The van der Waals surface area contributed by atoms with Crippen LogP contribution < -0.4 is 10.6 Å². The Morgan fingerprint density at radius 1 is 1.26 bits per heavy atom. The molecule has 3 heterocycles. The van der Waals surface area contributed by atoms with Crippen molar-refractivity contribution in [3.63, 3.8) is 0 Å². The third-order valence-corrected chi connectivity index (χ3v) is 6.87. The standard InChI is InChI=1S/C23H27F2N7O3/c1-13-21(31-35-30-13)22(34)26-11-17-12-32-19(28-17)7-16(10-27-32)18(5-14-3-2-4-14)29-20(33)6-15-8-23(24,25)9-15/h7,10,12,14-15,18H,2-6,8-9,11H2,1H3,(H,26,34)(H,29,33)/t18-/m0/s1. The molecule has 12 heteroatoms. The number of rotatable bonds is 9. The number of hydrogen-bond acceptors (Lipinski definition) is 7. The van der Waals surface area contributed by atoms with Gasteiger partial charge in [0.05, 0.1) is 30.7 Å². The third kappa shape index (κ3) is 5.30. The van der Waals surface area contributed by atoms with E-state index in [1.807, 2.05) is 6.07 Å². The van der Waals surface area contributed by atoms with Crippen LogP contribution >= 0.6 is 0 Å². The first-order chi connectivity index (χ1) is 16.8. The van der Waals surface area contributed by atoms with Gasteiger partial charge in [0.15, 0.2) is 11.3 Å². The molecule has 0 bridgehead atoms. The van der Waals surface area contributed by atoms with Crippen LogP contribution in [0.25, 0.3) is 5.65 Å². The molecule has 3 aromatic heterocycles. The molecule has 35 heavy (non-hydrogen) atoms. The zero-order valence-electron chi connectivity index (χ0n) is 19.3. The average molecular weight is 488 g/mol. The Labute approximate surface area is 199 Å². The molecule has 0 aromatic carbocycles. The third-order valence-electron chi connectivity index (χ3n) is 6.87. The molecular weight excluding hydrogens is 460 g/mol. The van der Waals surface area contributed by atoms with Gasteiger partial charge in [-0.3, -0.25) is 9.59 Å². The van der Waals surface area contributed by atoms with E-state index >= 15 is 0 Å². The Kier molecular flexibility index (Phi) is 6.20. The molecule has 0 aliphatic heterocycles. The number of nitrogens with zero attached hydrogens (tertiary/aromatic N) is 5.